The second-order valence-electron chi connectivity index (χ2n) is 5.71. The van der Waals surface area contributed by atoms with Gasteiger partial charge in [-0.3, -0.25) is 0 Å². The van der Waals surface area contributed by atoms with Crippen LogP contribution in [-0.2, 0) is 0 Å². The third-order valence-electron chi connectivity index (χ3n) is 4.18. The van der Waals surface area contributed by atoms with Gasteiger partial charge in [-0.1, -0.05) is 44.2 Å². The van der Waals surface area contributed by atoms with E-state index in [0.29, 0.717) is 12.1 Å². The van der Waals surface area contributed by atoms with Crippen LogP contribution in [0, 0.1) is 0 Å². The van der Waals surface area contributed by atoms with Gasteiger partial charge in [-0.05, 0) is 37.5 Å². The minimum Gasteiger partial charge on any atom is -0.497 e. The molecule has 0 aliphatic heterocycles. The highest BCUT2D eigenvalue weighted by molar-refractivity contribution is 5.30. The van der Waals surface area contributed by atoms with E-state index in [0.717, 1.165) is 5.75 Å². The van der Waals surface area contributed by atoms with Crippen molar-refractivity contribution in [1.82, 2.24) is 5.32 Å². The van der Waals surface area contributed by atoms with Gasteiger partial charge >= 0.3 is 0 Å². The topological polar surface area (TPSA) is 21.3 Å². The van der Waals surface area contributed by atoms with E-state index in [2.05, 4.69) is 30.4 Å². The van der Waals surface area contributed by atoms with Gasteiger partial charge in [-0.15, -0.1) is 0 Å². The Kier molecular flexibility index (Phi) is 5.71. The van der Waals surface area contributed by atoms with Crippen molar-refractivity contribution >= 4 is 0 Å². The first-order chi connectivity index (χ1) is 9.29. The normalized spacial score (nSPS) is 19.5. The second kappa shape index (κ2) is 7.54. The van der Waals surface area contributed by atoms with Crippen LogP contribution < -0.4 is 10.1 Å². The number of nitrogens with one attached hydrogen (secondary N) is 1. The molecule has 1 fully saturated rings. The summed E-state index contributed by atoms with van der Waals surface area (Å²) in [6.07, 6.45) is 9.66. The largest absolute Gasteiger partial charge is 0.497 e. The SMILES string of the molecule is COc1cccc([C@@H](C)NC2CCCCCCC2)c1. The molecule has 0 amide bonds. The molecule has 1 aromatic carbocycles. The van der Waals surface area contributed by atoms with Gasteiger partial charge in [0.25, 0.3) is 0 Å². The number of benzene rings is 1. The van der Waals surface area contributed by atoms with E-state index in [-0.39, 0.29) is 0 Å². The highest BCUT2D eigenvalue weighted by atomic mass is 16.5. The standard InChI is InChI=1S/C17H27NO/c1-14(15-9-8-12-17(13-15)19-2)18-16-10-6-4-3-5-7-11-16/h8-9,12-14,16,18H,3-7,10-11H2,1-2H3/t14-/m1/s1. The molecule has 0 unspecified atom stereocenters. The average Bonchev–Trinajstić information content (AvgIpc) is 2.41. The second-order valence-corrected chi connectivity index (χ2v) is 5.71. The molecule has 1 aromatic rings. The number of methoxy groups -OCH3 is 1. The molecule has 1 aliphatic carbocycles. The molecule has 0 saturated heterocycles. The first kappa shape index (κ1) is 14.4. The Hall–Kier alpha value is -1.02. The van der Waals surface area contributed by atoms with Gasteiger partial charge in [0.2, 0.25) is 0 Å². The molecular formula is C17H27NO. The van der Waals surface area contributed by atoms with Gasteiger partial charge in [0.1, 0.15) is 5.75 Å². The zero-order valence-corrected chi connectivity index (χ0v) is 12.3. The van der Waals surface area contributed by atoms with Crippen LogP contribution in [0.15, 0.2) is 24.3 Å². The first-order valence-corrected chi connectivity index (χ1v) is 7.69. The lowest BCUT2D eigenvalue weighted by Crippen LogP contribution is -2.32. The summed E-state index contributed by atoms with van der Waals surface area (Å²) in [5.74, 6) is 0.948. The summed E-state index contributed by atoms with van der Waals surface area (Å²) in [5.41, 5.74) is 1.32. The molecule has 0 aromatic heterocycles. The van der Waals surface area contributed by atoms with Crippen LogP contribution in [0.25, 0.3) is 0 Å². The van der Waals surface area contributed by atoms with Crippen molar-refractivity contribution in [3.63, 3.8) is 0 Å². The molecule has 0 bridgehead atoms. The van der Waals surface area contributed by atoms with Crippen LogP contribution in [0.3, 0.4) is 0 Å². The van der Waals surface area contributed by atoms with Crippen LogP contribution in [0.4, 0.5) is 0 Å². The van der Waals surface area contributed by atoms with Crippen LogP contribution in [-0.4, -0.2) is 13.2 Å². The van der Waals surface area contributed by atoms with Crippen LogP contribution in [0.2, 0.25) is 0 Å². The van der Waals surface area contributed by atoms with Gasteiger partial charge in [-0.25, -0.2) is 0 Å². The summed E-state index contributed by atoms with van der Waals surface area (Å²) in [6.45, 7) is 2.26. The van der Waals surface area contributed by atoms with Crippen molar-refractivity contribution in [1.29, 1.82) is 0 Å². The Morgan fingerprint density at radius 3 is 2.47 bits per heavy atom. The number of hydrogen-bond acceptors (Lipinski definition) is 2. The van der Waals surface area contributed by atoms with Gasteiger partial charge in [0.15, 0.2) is 0 Å². The van der Waals surface area contributed by atoms with E-state index in [1.165, 1.54) is 50.5 Å². The van der Waals surface area contributed by atoms with Crippen molar-refractivity contribution in [2.45, 2.75) is 64.0 Å². The maximum Gasteiger partial charge on any atom is 0.119 e. The van der Waals surface area contributed by atoms with Crippen molar-refractivity contribution in [2.75, 3.05) is 7.11 Å². The van der Waals surface area contributed by atoms with Crippen LogP contribution in [0.1, 0.15) is 63.5 Å². The number of hydrogen-bond donors (Lipinski definition) is 1. The van der Waals surface area contributed by atoms with Gasteiger partial charge in [-0.2, -0.15) is 0 Å². The number of ether oxygens (including phenoxy) is 1. The fourth-order valence-corrected chi connectivity index (χ4v) is 2.98. The lowest BCUT2D eigenvalue weighted by molar-refractivity contribution is 0.361. The van der Waals surface area contributed by atoms with Gasteiger partial charge in [0.05, 0.1) is 7.11 Å². The summed E-state index contributed by atoms with van der Waals surface area (Å²) < 4.78 is 5.30. The van der Waals surface area contributed by atoms with E-state index in [4.69, 9.17) is 4.74 Å². The molecule has 1 atom stereocenters. The molecule has 1 aliphatic rings. The van der Waals surface area contributed by atoms with Crippen LogP contribution in [0.5, 0.6) is 5.75 Å². The molecule has 0 heterocycles. The predicted octanol–water partition coefficient (Wildman–Crippen LogP) is 4.46. The molecule has 0 radical (unpaired) electrons. The van der Waals surface area contributed by atoms with E-state index >= 15 is 0 Å². The maximum atomic E-state index is 5.30. The predicted molar refractivity (Wildman–Crippen MR) is 80.7 cm³/mol. The number of rotatable bonds is 4. The monoisotopic (exact) mass is 261 g/mol. The summed E-state index contributed by atoms with van der Waals surface area (Å²) in [5, 5.41) is 3.80. The molecule has 1 N–H and O–H groups in total. The molecule has 1 saturated carbocycles. The quantitative estimate of drug-likeness (QED) is 0.864. The van der Waals surface area contributed by atoms with E-state index in [1.807, 2.05) is 6.07 Å². The highest BCUT2D eigenvalue weighted by Crippen LogP contribution is 2.22. The van der Waals surface area contributed by atoms with Gasteiger partial charge in [0, 0.05) is 12.1 Å². The molecule has 19 heavy (non-hydrogen) atoms. The fraction of sp³-hybridized carbons (Fsp3) is 0.647. The summed E-state index contributed by atoms with van der Waals surface area (Å²) in [7, 11) is 1.73. The van der Waals surface area contributed by atoms with Crippen molar-refractivity contribution in [3.05, 3.63) is 29.8 Å². The fourth-order valence-electron chi connectivity index (χ4n) is 2.98. The Labute approximate surface area is 117 Å². The van der Waals surface area contributed by atoms with Crippen LogP contribution >= 0.6 is 0 Å². The highest BCUT2D eigenvalue weighted by Gasteiger charge is 2.15. The molecule has 2 nitrogen and oxygen atoms in total. The minimum absolute atomic E-state index is 0.402. The Morgan fingerprint density at radius 2 is 1.79 bits per heavy atom. The summed E-state index contributed by atoms with van der Waals surface area (Å²) in [4.78, 5) is 0. The van der Waals surface area contributed by atoms with E-state index in [9.17, 15) is 0 Å². The molecule has 2 heteroatoms. The first-order valence-electron chi connectivity index (χ1n) is 7.69. The zero-order valence-electron chi connectivity index (χ0n) is 12.3. The Morgan fingerprint density at radius 1 is 1.11 bits per heavy atom. The van der Waals surface area contributed by atoms with E-state index < -0.39 is 0 Å². The van der Waals surface area contributed by atoms with Crippen molar-refractivity contribution in [2.24, 2.45) is 0 Å². The summed E-state index contributed by atoms with van der Waals surface area (Å²) >= 11 is 0. The Balaban J connectivity index is 1.92. The lowest BCUT2D eigenvalue weighted by atomic mass is 9.95. The smallest absolute Gasteiger partial charge is 0.119 e. The minimum atomic E-state index is 0.402. The summed E-state index contributed by atoms with van der Waals surface area (Å²) in [6, 6.07) is 9.49. The lowest BCUT2D eigenvalue weighted by Gasteiger charge is -2.25. The third-order valence-corrected chi connectivity index (χ3v) is 4.18. The van der Waals surface area contributed by atoms with Crippen molar-refractivity contribution in [3.8, 4) is 5.75 Å². The van der Waals surface area contributed by atoms with Gasteiger partial charge < -0.3 is 10.1 Å². The maximum absolute atomic E-state index is 5.30. The zero-order chi connectivity index (χ0) is 13.5. The third kappa shape index (κ3) is 4.54. The molecule has 106 valence electrons. The molecular weight excluding hydrogens is 234 g/mol. The van der Waals surface area contributed by atoms with Crippen molar-refractivity contribution < 1.29 is 4.74 Å². The molecule has 2 rings (SSSR count). The van der Waals surface area contributed by atoms with E-state index in [1.54, 1.807) is 7.11 Å². The Bertz CT molecular complexity index is 369. The molecule has 0 spiro atoms. The average molecular weight is 261 g/mol.